The van der Waals surface area contributed by atoms with Crippen LogP contribution >= 0.6 is 0 Å². The molecule has 0 aliphatic carbocycles. The molecule has 0 atom stereocenters. The third-order valence-electron chi connectivity index (χ3n) is 5.18. The lowest BCUT2D eigenvalue weighted by molar-refractivity contribution is 0.0827. The lowest BCUT2D eigenvalue weighted by atomic mass is 10.0. The van der Waals surface area contributed by atoms with E-state index < -0.39 is 5.56 Å². The van der Waals surface area contributed by atoms with Gasteiger partial charge >= 0.3 is 0 Å². The molecule has 32 heavy (non-hydrogen) atoms. The van der Waals surface area contributed by atoms with Gasteiger partial charge in [0.2, 0.25) is 5.88 Å². The minimum absolute atomic E-state index is 0.00799. The zero-order valence-electron chi connectivity index (χ0n) is 19.3. The van der Waals surface area contributed by atoms with E-state index in [1.807, 2.05) is 19.9 Å². The number of rotatable bonds is 10. The summed E-state index contributed by atoms with van der Waals surface area (Å²) in [5.74, 6) is -0.384. The van der Waals surface area contributed by atoms with E-state index in [2.05, 4.69) is 10.2 Å². The van der Waals surface area contributed by atoms with E-state index in [1.54, 1.807) is 38.4 Å². The maximum atomic E-state index is 12.9. The third-order valence-corrected chi connectivity index (χ3v) is 5.18. The summed E-state index contributed by atoms with van der Waals surface area (Å²) in [5, 5.41) is 29.0. The second kappa shape index (κ2) is 11.8. The second-order valence-corrected chi connectivity index (χ2v) is 7.85. The van der Waals surface area contributed by atoms with E-state index >= 15 is 0 Å². The van der Waals surface area contributed by atoms with Crippen LogP contribution in [0.2, 0.25) is 0 Å². The highest BCUT2D eigenvalue weighted by atomic mass is 16.3. The maximum Gasteiger partial charge on any atom is 0.271 e. The van der Waals surface area contributed by atoms with Crippen molar-refractivity contribution >= 4 is 17.3 Å². The molecule has 1 amide bonds. The Hall–Kier alpha value is -3.47. The molecule has 1 heterocycles. The van der Waals surface area contributed by atoms with E-state index in [4.69, 9.17) is 0 Å². The van der Waals surface area contributed by atoms with Gasteiger partial charge in [-0.25, -0.2) is 0 Å². The quantitative estimate of drug-likeness (QED) is 0.413. The van der Waals surface area contributed by atoms with Gasteiger partial charge in [-0.15, -0.1) is 5.11 Å². The van der Waals surface area contributed by atoms with Crippen LogP contribution in [0.4, 0.5) is 11.4 Å². The standard InChI is InChI=1S/C24H31N5O3/c1-5-7-9-15-29-23(31)20(16-25)19(10-8-6-2)21(24(29)32)27-26-18-13-11-17(12-14-18)22(30)28(3)4/h11-14,32H,5-10,15H2,1-4H3/b27-26+. The summed E-state index contributed by atoms with van der Waals surface area (Å²) in [4.78, 5) is 26.4. The number of carbonyl (C=O) groups is 1. The fraction of sp³-hybridized carbons (Fsp3) is 0.458. The first kappa shape index (κ1) is 24.8. The van der Waals surface area contributed by atoms with Crippen LogP contribution in [0.25, 0.3) is 0 Å². The Labute approximate surface area is 188 Å². The van der Waals surface area contributed by atoms with Crippen LogP contribution in [0.5, 0.6) is 5.88 Å². The molecule has 0 aliphatic rings. The normalized spacial score (nSPS) is 11.0. The van der Waals surface area contributed by atoms with Crippen molar-refractivity contribution in [1.82, 2.24) is 9.47 Å². The molecular weight excluding hydrogens is 406 g/mol. The molecule has 8 heteroatoms. The van der Waals surface area contributed by atoms with Crippen molar-refractivity contribution in [2.24, 2.45) is 10.2 Å². The average molecular weight is 438 g/mol. The number of aromatic nitrogens is 1. The van der Waals surface area contributed by atoms with Crippen molar-refractivity contribution in [2.75, 3.05) is 14.1 Å². The minimum atomic E-state index is -0.488. The number of benzene rings is 1. The largest absolute Gasteiger partial charge is 0.493 e. The Balaban J connectivity index is 2.51. The van der Waals surface area contributed by atoms with Gasteiger partial charge in [-0.05, 0) is 43.5 Å². The zero-order chi connectivity index (χ0) is 23.7. The third kappa shape index (κ3) is 5.82. The SMILES string of the molecule is CCCCCn1c(O)c(/N=N/c2ccc(C(=O)N(C)C)cc2)c(CCCC)c(C#N)c1=O. The monoisotopic (exact) mass is 437 g/mol. The summed E-state index contributed by atoms with van der Waals surface area (Å²) >= 11 is 0. The Morgan fingerprint density at radius 3 is 2.31 bits per heavy atom. The molecule has 0 saturated carbocycles. The maximum absolute atomic E-state index is 12.9. The van der Waals surface area contributed by atoms with Gasteiger partial charge in [0.25, 0.3) is 11.5 Å². The van der Waals surface area contributed by atoms with Crippen LogP contribution in [0.1, 0.15) is 67.4 Å². The van der Waals surface area contributed by atoms with Gasteiger partial charge in [-0.3, -0.25) is 14.2 Å². The van der Waals surface area contributed by atoms with Crippen LogP contribution in [0.15, 0.2) is 39.3 Å². The van der Waals surface area contributed by atoms with Crippen molar-refractivity contribution < 1.29 is 9.90 Å². The molecular formula is C24H31N5O3. The molecule has 0 spiro atoms. The number of amides is 1. The molecule has 170 valence electrons. The van der Waals surface area contributed by atoms with Crippen LogP contribution in [0.3, 0.4) is 0 Å². The second-order valence-electron chi connectivity index (χ2n) is 7.85. The van der Waals surface area contributed by atoms with Crippen molar-refractivity contribution in [2.45, 2.75) is 58.9 Å². The van der Waals surface area contributed by atoms with Crippen molar-refractivity contribution in [3.8, 4) is 11.9 Å². The lowest BCUT2D eigenvalue weighted by Crippen LogP contribution is -2.24. The van der Waals surface area contributed by atoms with Gasteiger partial charge in [-0.1, -0.05) is 33.1 Å². The molecule has 1 aromatic carbocycles. The van der Waals surface area contributed by atoms with Gasteiger partial charge in [-0.2, -0.15) is 10.4 Å². The molecule has 0 aliphatic heterocycles. The molecule has 0 saturated heterocycles. The van der Waals surface area contributed by atoms with E-state index in [1.165, 1.54) is 9.47 Å². The number of azo groups is 1. The highest BCUT2D eigenvalue weighted by molar-refractivity contribution is 5.94. The number of nitrogens with zero attached hydrogens (tertiary/aromatic N) is 5. The zero-order valence-corrected chi connectivity index (χ0v) is 19.3. The summed E-state index contributed by atoms with van der Waals surface area (Å²) in [7, 11) is 3.36. The summed E-state index contributed by atoms with van der Waals surface area (Å²) in [6, 6.07) is 8.64. The van der Waals surface area contributed by atoms with Gasteiger partial charge in [0, 0.05) is 31.8 Å². The number of hydrogen-bond acceptors (Lipinski definition) is 6. The summed E-state index contributed by atoms with van der Waals surface area (Å²) < 4.78 is 1.22. The predicted molar refractivity (Wildman–Crippen MR) is 124 cm³/mol. The van der Waals surface area contributed by atoms with Gasteiger partial charge in [0.1, 0.15) is 11.6 Å². The molecule has 0 unspecified atom stereocenters. The number of unbranched alkanes of at least 4 members (excludes halogenated alkanes) is 3. The molecule has 0 fully saturated rings. The number of aromatic hydroxyl groups is 1. The molecule has 1 N–H and O–H groups in total. The Morgan fingerprint density at radius 2 is 1.75 bits per heavy atom. The number of nitriles is 1. The smallest absolute Gasteiger partial charge is 0.271 e. The summed E-state index contributed by atoms with van der Waals surface area (Å²) in [5.41, 5.74) is 1.11. The highest BCUT2D eigenvalue weighted by Gasteiger charge is 2.21. The van der Waals surface area contributed by atoms with Crippen molar-refractivity contribution in [3.05, 3.63) is 51.3 Å². The Morgan fingerprint density at radius 1 is 1.09 bits per heavy atom. The molecule has 8 nitrogen and oxygen atoms in total. The summed E-state index contributed by atoms with van der Waals surface area (Å²) in [6.07, 6.45) is 4.64. The number of pyridine rings is 1. The topological polar surface area (TPSA) is 111 Å². The first-order valence-corrected chi connectivity index (χ1v) is 11.0. The first-order valence-electron chi connectivity index (χ1n) is 11.0. The van der Waals surface area contributed by atoms with Crippen LogP contribution < -0.4 is 5.56 Å². The molecule has 2 aromatic rings. The predicted octanol–water partition coefficient (Wildman–Crippen LogP) is 5.08. The molecule has 2 rings (SSSR count). The van der Waals surface area contributed by atoms with Gasteiger partial charge < -0.3 is 10.0 Å². The van der Waals surface area contributed by atoms with Crippen molar-refractivity contribution in [3.63, 3.8) is 0 Å². The van der Waals surface area contributed by atoms with E-state index in [-0.39, 0.29) is 23.0 Å². The lowest BCUT2D eigenvalue weighted by Gasteiger charge is -2.15. The van der Waals surface area contributed by atoms with E-state index in [0.717, 1.165) is 25.7 Å². The van der Waals surface area contributed by atoms with Crippen LogP contribution in [-0.4, -0.2) is 34.6 Å². The molecule has 0 bridgehead atoms. The Kier molecular flexibility index (Phi) is 9.14. The number of carbonyl (C=O) groups excluding carboxylic acids is 1. The fourth-order valence-electron chi connectivity index (χ4n) is 3.32. The first-order chi connectivity index (χ1) is 15.3. The van der Waals surface area contributed by atoms with E-state index in [0.29, 0.717) is 36.2 Å². The van der Waals surface area contributed by atoms with Crippen LogP contribution in [0, 0.1) is 11.3 Å². The van der Waals surface area contributed by atoms with Gasteiger partial charge in [0.15, 0.2) is 5.69 Å². The van der Waals surface area contributed by atoms with Crippen molar-refractivity contribution in [1.29, 1.82) is 5.26 Å². The Bertz CT molecular complexity index is 1060. The molecule has 0 radical (unpaired) electrons. The molecule has 1 aromatic heterocycles. The fourth-order valence-corrected chi connectivity index (χ4v) is 3.32. The van der Waals surface area contributed by atoms with Gasteiger partial charge in [0.05, 0.1) is 5.69 Å². The minimum Gasteiger partial charge on any atom is -0.493 e. The number of hydrogen-bond donors (Lipinski definition) is 1. The van der Waals surface area contributed by atoms with E-state index in [9.17, 15) is 20.0 Å². The average Bonchev–Trinajstić information content (AvgIpc) is 2.79. The van der Waals surface area contributed by atoms with Crippen LogP contribution in [-0.2, 0) is 13.0 Å². The highest BCUT2D eigenvalue weighted by Crippen LogP contribution is 2.34. The summed E-state index contributed by atoms with van der Waals surface area (Å²) in [6.45, 7) is 4.37.